The van der Waals surface area contributed by atoms with Gasteiger partial charge in [0.1, 0.15) is 0 Å². The monoisotopic (exact) mass is 536 g/mol. The molecular formula is C7H15I3N4. The predicted octanol–water partition coefficient (Wildman–Crippen LogP) is 2.52. The number of halogens is 3. The van der Waals surface area contributed by atoms with Crippen molar-refractivity contribution in [1.29, 1.82) is 10.8 Å². The molecule has 1 aliphatic carbocycles. The quantitative estimate of drug-likeness (QED) is 0.248. The Balaban J connectivity index is 0.000000500. The van der Waals surface area contributed by atoms with E-state index in [2.05, 4.69) is 37.2 Å². The molecule has 0 bridgehead atoms. The molecule has 1 saturated carbocycles. The zero-order valence-electron chi connectivity index (χ0n) is 7.97. The van der Waals surface area contributed by atoms with Gasteiger partial charge >= 0.3 is 50.5 Å². The van der Waals surface area contributed by atoms with Crippen molar-refractivity contribution in [2.24, 2.45) is 28.7 Å². The summed E-state index contributed by atoms with van der Waals surface area (Å²) in [4.78, 5) is 0. The van der Waals surface area contributed by atoms with E-state index in [-0.39, 0.29) is 28.9 Å². The number of nitrogens with two attached hydrogens (primary N) is 2. The second-order valence-electron chi connectivity index (χ2n) is 3.75. The predicted molar refractivity (Wildman–Crippen MR) is 88.0 cm³/mol. The Bertz CT molecular complexity index is 219. The zero-order chi connectivity index (χ0) is 11.5. The Morgan fingerprint density at radius 3 is 1.43 bits per heavy atom. The van der Waals surface area contributed by atoms with Gasteiger partial charge in [-0.3, -0.25) is 10.8 Å². The molecule has 14 heavy (non-hydrogen) atoms. The standard InChI is InChI=1S/C7H14N4.HI3/c1-7(2)3(5(8)9)4(7)6(10)11;1-3-2/h3-4H,1-2H3,(H3,8,9)(H3,10,11);3H. The summed E-state index contributed by atoms with van der Waals surface area (Å²) < 4.78 is 0. The van der Waals surface area contributed by atoms with E-state index in [0.29, 0.717) is 13.3 Å². The summed E-state index contributed by atoms with van der Waals surface area (Å²) in [6, 6.07) is 0. The molecule has 0 radical (unpaired) electrons. The molecule has 2 unspecified atom stereocenters. The average molecular weight is 536 g/mol. The van der Waals surface area contributed by atoms with Crippen molar-refractivity contribution in [3.05, 3.63) is 0 Å². The van der Waals surface area contributed by atoms with Gasteiger partial charge in [-0.15, -0.1) is 0 Å². The Morgan fingerprint density at radius 2 is 1.36 bits per heavy atom. The molecule has 4 nitrogen and oxygen atoms in total. The molecule has 0 saturated heterocycles. The fraction of sp³-hybridized carbons (Fsp3) is 0.714. The van der Waals surface area contributed by atoms with E-state index in [0.717, 1.165) is 0 Å². The van der Waals surface area contributed by atoms with Crippen LogP contribution >= 0.6 is 50.5 Å². The van der Waals surface area contributed by atoms with E-state index in [1.807, 2.05) is 13.8 Å². The van der Waals surface area contributed by atoms with Gasteiger partial charge in [0, 0.05) is 11.8 Å². The van der Waals surface area contributed by atoms with Crippen molar-refractivity contribution < 1.29 is 0 Å². The van der Waals surface area contributed by atoms with Crippen molar-refractivity contribution in [2.75, 3.05) is 0 Å². The van der Waals surface area contributed by atoms with Crippen LogP contribution in [-0.4, -0.2) is 11.7 Å². The first-order valence-corrected chi connectivity index (χ1v) is 17.5. The summed E-state index contributed by atoms with van der Waals surface area (Å²) in [6.07, 6.45) is 0. The zero-order valence-corrected chi connectivity index (χ0v) is 14.6. The maximum atomic E-state index is 7.22. The maximum absolute atomic E-state index is 7.22. The van der Waals surface area contributed by atoms with E-state index in [1.165, 1.54) is 0 Å². The van der Waals surface area contributed by atoms with Crippen molar-refractivity contribution in [1.82, 2.24) is 0 Å². The molecular weight excluding hydrogens is 521 g/mol. The molecule has 1 fully saturated rings. The van der Waals surface area contributed by atoms with Crippen molar-refractivity contribution >= 4 is 62.2 Å². The van der Waals surface area contributed by atoms with Gasteiger partial charge in [-0.05, 0) is 5.41 Å². The number of nitrogens with one attached hydrogen (secondary N) is 2. The van der Waals surface area contributed by atoms with Crippen molar-refractivity contribution in [3.63, 3.8) is 0 Å². The summed E-state index contributed by atoms with van der Waals surface area (Å²) in [7, 11) is 0. The van der Waals surface area contributed by atoms with Crippen LogP contribution in [0.25, 0.3) is 0 Å². The summed E-state index contributed by atoms with van der Waals surface area (Å²) >= 11 is 5.22. The molecule has 0 aromatic carbocycles. The Morgan fingerprint density at radius 1 is 1.14 bits per heavy atom. The average Bonchev–Trinajstić information content (AvgIpc) is 2.55. The van der Waals surface area contributed by atoms with Crippen molar-refractivity contribution in [2.45, 2.75) is 13.8 Å². The third-order valence-electron chi connectivity index (χ3n) is 2.50. The van der Waals surface area contributed by atoms with Gasteiger partial charge in [0.25, 0.3) is 0 Å². The van der Waals surface area contributed by atoms with E-state index in [9.17, 15) is 0 Å². The van der Waals surface area contributed by atoms with E-state index in [1.54, 1.807) is 0 Å². The minimum absolute atomic E-state index is 0.0139. The van der Waals surface area contributed by atoms with Gasteiger partial charge in [-0.25, -0.2) is 0 Å². The topological polar surface area (TPSA) is 99.7 Å². The van der Waals surface area contributed by atoms with Gasteiger partial charge < -0.3 is 11.5 Å². The molecule has 0 heterocycles. The molecule has 2 atom stereocenters. The van der Waals surface area contributed by atoms with Crippen molar-refractivity contribution in [3.8, 4) is 0 Å². The second-order valence-corrected chi connectivity index (χ2v) is 21.3. The van der Waals surface area contributed by atoms with Crippen LogP contribution in [0.5, 0.6) is 0 Å². The van der Waals surface area contributed by atoms with Crippen LogP contribution in [0.3, 0.4) is 0 Å². The summed E-state index contributed by atoms with van der Waals surface area (Å²) in [6.45, 7) is 3.95. The summed E-state index contributed by atoms with van der Waals surface area (Å²) in [5.41, 5.74) is 10.6. The number of hydrogen-bond acceptors (Lipinski definition) is 2. The van der Waals surface area contributed by atoms with Gasteiger partial charge in [-0.2, -0.15) is 0 Å². The SMILES string of the molecule is CC1(C)C(C(=N)N)C1C(=N)N.I[IH]I. The van der Waals surface area contributed by atoms with Crippen LogP contribution in [0.2, 0.25) is 0 Å². The molecule has 0 aliphatic heterocycles. The number of amidine groups is 2. The van der Waals surface area contributed by atoms with Gasteiger partial charge in [0.2, 0.25) is 0 Å². The minimum atomic E-state index is -0.0718. The van der Waals surface area contributed by atoms with Crippen LogP contribution < -0.4 is 11.5 Å². The first-order chi connectivity index (χ1) is 6.30. The fourth-order valence-corrected chi connectivity index (χ4v) is 1.80. The Labute approximate surface area is 114 Å². The molecule has 0 aromatic heterocycles. The molecule has 7 heteroatoms. The molecule has 0 aromatic rings. The van der Waals surface area contributed by atoms with Crippen LogP contribution in [0.15, 0.2) is 0 Å². The van der Waals surface area contributed by atoms with Crippen LogP contribution in [-0.2, 0) is 0 Å². The van der Waals surface area contributed by atoms with E-state index >= 15 is 0 Å². The van der Waals surface area contributed by atoms with Gasteiger partial charge in [0.15, 0.2) is 0 Å². The van der Waals surface area contributed by atoms with Crippen LogP contribution in [0.1, 0.15) is 13.8 Å². The van der Waals surface area contributed by atoms with Gasteiger partial charge in [-0.1, -0.05) is 13.8 Å². The number of hydrogen-bond donors (Lipinski definition) is 4. The third-order valence-corrected chi connectivity index (χ3v) is 2.50. The van der Waals surface area contributed by atoms with Crippen LogP contribution in [0.4, 0.5) is 0 Å². The van der Waals surface area contributed by atoms with E-state index < -0.39 is 0 Å². The normalized spacial score (nSPS) is 27.4. The Hall–Kier alpha value is 1.13. The third kappa shape index (κ3) is 3.61. The fourth-order valence-electron chi connectivity index (χ4n) is 1.80. The molecule has 1 aliphatic rings. The summed E-state index contributed by atoms with van der Waals surface area (Å²) in [5.74, 6) is 0.269. The molecule has 84 valence electrons. The molecule has 0 amide bonds. The molecule has 0 spiro atoms. The molecule has 6 N–H and O–H groups in total. The summed E-state index contributed by atoms with van der Waals surface area (Å²) in [5, 5.41) is 14.4. The van der Waals surface area contributed by atoms with Crippen LogP contribution in [0, 0.1) is 28.1 Å². The Kier molecular flexibility index (Phi) is 6.50. The van der Waals surface area contributed by atoms with Gasteiger partial charge in [0.05, 0.1) is 11.7 Å². The first kappa shape index (κ1) is 15.1. The second kappa shape index (κ2) is 6.01. The van der Waals surface area contributed by atoms with E-state index in [4.69, 9.17) is 22.3 Å². The number of rotatable bonds is 2. The first-order valence-electron chi connectivity index (χ1n) is 3.87. The molecule has 1 rings (SSSR count).